The molecule has 2 saturated heterocycles. The van der Waals surface area contributed by atoms with Gasteiger partial charge in [-0.15, -0.1) is 0 Å². The molecule has 4 heterocycles. The van der Waals surface area contributed by atoms with Crippen LogP contribution in [0, 0.1) is 5.92 Å². The first kappa shape index (κ1) is 68.2. The SMILES string of the molecule is CNN(C)CC1=Cc2ccccc2N(CCC(=O)N[C@@H](CCC(=O)O)C(=O)NCCOCCOCCP(=O)(O)N(C)[C@@H](C)C(=O)O[C@H]2CC(=O)N(C)c3cc(cc(OC)c3Cl)C/C(C)=C/C=C/[C@@H](OC)[C@@]3(O)C[C@H](OC(=O)N3)[C@@H](C)[C@@H]3O[C@]23C)C1. The molecule has 2 aromatic rings. The first-order chi connectivity index (χ1) is 40.2. The minimum absolute atomic E-state index is 0.00130. The molecule has 2 aromatic carbocycles. The number of para-hydroxylation sites is 1. The molecule has 0 spiro atoms. The van der Waals surface area contributed by atoms with Gasteiger partial charge in [-0.2, -0.15) is 0 Å². The van der Waals surface area contributed by atoms with Gasteiger partial charge in [0.1, 0.15) is 46.8 Å². The van der Waals surface area contributed by atoms with Crippen molar-refractivity contribution in [2.24, 2.45) is 5.92 Å². The summed E-state index contributed by atoms with van der Waals surface area (Å²) >= 11 is 6.82. The van der Waals surface area contributed by atoms with Crippen LogP contribution < -0.4 is 35.9 Å². The van der Waals surface area contributed by atoms with Gasteiger partial charge in [0.05, 0.1) is 57.9 Å². The second-order valence-corrected chi connectivity index (χ2v) is 24.8. The van der Waals surface area contributed by atoms with Gasteiger partial charge in [0.2, 0.25) is 17.7 Å². The topological polar surface area (TPSA) is 309 Å². The van der Waals surface area contributed by atoms with Crippen molar-refractivity contribution >= 4 is 72.3 Å². The number of likely N-dealkylation sites (N-methyl/N-ethyl adjacent to an activating group) is 2. The first-order valence-electron chi connectivity index (χ1n) is 28.2. The summed E-state index contributed by atoms with van der Waals surface area (Å²) in [6.45, 7) is 8.17. The number of methoxy groups -OCH3 is 2. The number of hydrogen-bond donors (Lipinski definition) is 7. The largest absolute Gasteiger partial charge is 0.495 e. The Kier molecular flexibility index (Phi) is 24.5. The van der Waals surface area contributed by atoms with Crippen molar-refractivity contribution in [3.8, 4) is 5.75 Å². The highest BCUT2D eigenvalue weighted by Gasteiger charge is 2.64. The number of carbonyl (C=O) groups is 6. The van der Waals surface area contributed by atoms with Gasteiger partial charge in [0, 0.05) is 78.3 Å². The van der Waals surface area contributed by atoms with Crippen molar-refractivity contribution in [3.05, 3.63) is 81.9 Å². The Bertz CT molecular complexity index is 2860. The lowest BCUT2D eigenvalue weighted by Crippen LogP contribution is -2.63. The molecule has 0 radical (unpaired) electrons. The number of hydrogen-bond acceptors (Lipinski definition) is 18. The number of allylic oxidation sites excluding steroid dienone is 3. The van der Waals surface area contributed by atoms with E-state index in [4.69, 9.17) is 44.8 Å². The number of amides is 4. The highest BCUT2D eigenvalue weighted by molar-refractivity contribution is 7.55. The molecule has 4 bridgehead atoms. The predicted octanol–water partition coefficient (Wildman–Crippen LogP) is 4.03. The van der Waals surface area contributed by atoms with E-state index in [1.54, 1.807) is 38.1 Å². The van der Waals surface area contributed by atoms with Crippen LogP contribution in [0.3, 0.4) is 0 Å². The Morgan fingerprint density at radius 1 is 1.05 bits per heavy atom. The van der Waals surface area contributed by atoms with Crippen LogP contribution in [0.5, 0.6) is 5.75 Å². The van der Waals surface area contributed by atoms with Crippen LogP contribution in [0.25, 0.3) is 6.08 Å². The van der Waals surface area contributed by atoms with Crippen molar-refractivity contribution < 1.29 is 81.6 Å². The molecule has 0 saturated carbocycles. The number of esters is 1. The molecule has 6 rings (SSSR count). The van der Waals surface area contributed by atoms with E-state index in [2.05, 4.69) is 32.4 Å². The fourth-order valence-corrected chi connectivity index (χ4v) is 12.1. The van der Waals surface area contributed by atoms with Gasteiger partial charge in [-0.05, 0) is 82.6 Å². The lowest BCUT2D eigenvalue weighted by molar-refractivity contribution is -0.157. The number of nitrogens with one attached hydrogen (secondary N) is 4. The molecule has 0 aromatic heterocycles. The van der Waals surface area contributed by atoms with E-state index in [9.17, 15) is 48.4 Å². The molecule has 0 aliphatic carbocycles. The van der Waals surface area contributed by atoms with Crippen molar-refractivity contribution in [2.45, 2.75) is 114 Å². The molecule has 27 heteroatoms. The maximum Gasteiger partial charge on any atom is 0.409 e. The summed E-state index contributed by atoms with van der Waals surface area (Å²) in [5.41, 5.74) is 4.91. The molecule has 4 aliphatic rings. The van der Waals surface area contributed by atoms with E-state index in [1.165, 1.54) is 40.1 Å². The van der Waals surface area contributed by atoms with Crippen LogP contribution >= 0.6 is 19.1 Å². The number of hydrazine groups is 1. The molecule has 470 valence electrons. The zero-order valence-electron chi connectivity index (χ0n) is 50.1. The van der Waals surface area contributed by atoms with E-state index >= 15 is 0 Å². The molecule has 1 unspecified atom stereocenters. The summed E-state index contributed by atoms with van der Waals surface area (Å²) in [6, 6.07) is 8.94. The maximum atomic E-state index is 14.4. The van der Waals surface area contributed by atoms with Crippen LogP contribution in [-0.4, -0.2) is 210 Å². The highest BCUT2D eigenvalue weighted by atomic mass is 35.5. The second-order valence-electron chi connectivity index (χ2n) is 22.0. The van der Waals surface area contributed by atoms with E-state index in [-0.39, 0.29) is 63.7 Å². The molecule has 85 heavy (non-hydrogen) atoms. The van der Waals surface area contributed by atoms with Crippen molar-refractivity contribution in [1.82, 2.24) is 31.1 Å². The van der Waals surface area contributed by atoms with Crippen molar-refractivity contribution in [3.63, 3.8) is 0 Å². The van der Waals surface area contributed by atoms with E-state index in [1.807, 2.05) is 56.4 Å². The summed E-state index contributed by atoms with van der Waals surface area (Å²) in [4.78, 5) is 94.1. The number of aliphatic hydroxyl groups is 1. The van der Waals surface area contributed by atoms with Crippen LogP contribution in [-0.2, 0) is 63.4 Å². The molecule has 2 fully saturated rings. The zero-order chi connectivity index (χ0) is 62.4. The number of carboxylic acids is 1. The van der Waals surface area contributed by atoms with Gasteiger partial charge in [0.25, 0.3) is 7.52 Å². The number of benzene rings is 2. The monoisotopic (exact) mass is 1230 g/mol. The smallest absolute Gasteiger partial charge is 0.409 e. The number of nitrogens with zero attached hydrogens (tertiary/aromatic N) is 4. The normalized spacial score (nSPS) is 25.8. The predicted molar refractivity (Wildman–Crippen MR) is 317 cm³/mol. The lowest BCUT2D eigenvalue weighted by Gasteiger charge is -2.42. The van der Waals surface area contributed by atoms with Gasteiger partial charge in [-0.25, -0.2) is 14.5 Å². The number of ether oxygens (including phenoxy) is 7. The Balaban J connectivity index is 1.01. The third-order valence-corrected chi connectivity index (χ3v) is 18.3. The van der Waals surface area contributed by atoms with Crippen LogP contribution in [0.1, 0.15) is 70.9 Å². The summed E-state index contributed by atoms with van der Waals surface area (Å²) < 4.78 is 55.3. The minimum Gasteiger partial charge on any atom is -0.495 e. The molecular formula is C58H84ClN8O17P. The maximum absolute atomic E-state index is 14.4. The van der Waals surface area contributed by atoms with Gasteiger partial charge in [-0.1, -0.05) is 66.6 Å². The number of fused-ring (bicyclic) bond motifs is 6. The Morgan fingerprint density at radius 3 is 2.46 bits per heavy atom. The number of carboxylic acid groups (broad SMARTS) is 1. The van der Waals surface area contributed by atoms with Crippen molar-refractivity contribution in [2.75, 3.05) is 111 Å². The fourth-order valence-electron chi connectivity index (χ4n) is 10.5. The summed E-state index contributed by atoms with van der Waals surface area (Å²) in [5.74, 6) is -3.91. The van der Waals surface area contributed by atoms with E-state index in [0.29, 0.717) is 37.5 Å². The number of anilines is 2. The average molecular weight is 1230 g/mol. The molecular weight excluding hydrogens is 1150 g/mol. The van der Waals surface area contributed by atoms with Gasteiger partial charge >= 0.3 is 18.0 Å². The minimum atomic E-state index is -4.28. The third kappa shape index (κ3) is 18.3. The van der Waals surface area contributed by atoms with E-state index in [0.717, 1.165) is 32.6 Å². The molecule has 7 N–H and O–H groups in total. The molecule has 4 amide bonds. The van der Waals surface area contributed by atoms with Crippen LogP contribution in [0.2, 0.25) is 5.02 Å². The standard InChI is InChI=1S/C58H84ClN8O17P/c1-36-14-13-17-47(79-10)58(75)33-46(82-56(74)63-58)37(2)53-57(4,84-53)48(32-50(69)65(7)44-30-39(28-36)31-45(78-9)52(44)59)83-55(73)38(3)66(8)85(76,77)27-26-81-25-24-80-23-21-61-54(72)42(18-19-51(70)71)62-49(68)20-22-67-35-40(34-64(6)60-5)29-41-15-11-12-16-43(41)67/h11-17,29-31,37-38,42,46-48,53,60,75H,18-28,32-35H2,1-10H3,(H,61,72)(H,62,68)(H,63,74)(H,70,71)(H,76,77)/b17-13+,36-14+/t37-,38+,42+,46+,47-,48+,53+,57-,58+/m1/s1. The number of alkyl carbamates (subject to hydrolysis) is 1. The lowest BCUT2D eigenvalue weighted by atomic mass is 9.83. The quantitative estimate of drug-likeness (QED) is 0.0230. The fraction of sp³-hybridized carbons (Fsp3) is 0.586. The third-order valence-electron chi connectivity index (χ3n) is 15.8. The zero-order valence-corrected chi connectivity index (χ0v) is 51.7. The van der Waals surface area contributed by atoms with Gasteiger partial charge in [0.15, 0.2) is 5.72 Å². The Labute approximate surface area is 501 Å². The highest BCUT2D eigenvalue weighted by Crippen LogP contribution is 2.50. The number of epoxide rings is 1. The van der Waals surface area contributed by atoms with E-state index < -0.39 is 110 Å². The van der Waals surface area contributed by atoms with Gasteiger partial charge in [-0.3, -0.25) is 39.3 Å². The summed E-state index contributed by atoms with van der Waals surface area (Å²) in [6.07, 6.45) is 1.36. The number of rotatable bonds is 26. The summed E-state index contributed by atoms with van der Waals surface area (Å²) in [5, 5.41) is 31.2. The number of aliphatic carboxylic acids is 1. The Morgan fingerprint density at radius 2 is 1.76 bits per heavy atom. The molecule has 10 atom stereocenters. The van der Waals surface area contributed by atoms with Gasteiger partial charge < -0.3 is 68.7 Å². The molecule has 4 aliphatic heterocycles. The number of carbonyl (C=O) groups excluding carboxylic acids is 5. The number of halogens is 1. The van der Waals surface area contributed by atoms with Crippen LogP contribution in [0.4, 0.5) is 16.2 Å². The van der Waals surface area contributed by atoms with Crippen LogP contribution in [0.15, 0.2) is 65.8 Å². The Hall–Kier alpha value is -5.96. The average Bonchev–Trinajstić information content (AvgIpc) is 2.02. The summed E-state index contributed by atoms with van der Waals surface area (Å²) in [7, 11) is 5.15. The molecule has 25 nitrogen and oxygen atoms in total. The van der Waals surface area contributed by atoms with Crippen molar-refractivity contribution in [1.29, 1.82) is 0 Å². The first-order valence-corrected chi connectivity index (χ1v) is 30.4. The second kappa shape index (κ2) is 30.6.